The van der Waals surface area contributed by atoms with E-state index in [1.54, 1.807) is 15.8 Å². The van der Waals surface area contributed by atoms with Crippen LogP contribution in [0.1, 0.15) is 34.6 Å². The number of benzene rings is 1. The van der Waals surface area contributed by atoms with Gasteiger partial charge < -0.3 is 4.90 Å². The van der Waals surface area contributed by atoms with E-state index in [1.165, 1.54) is 16.9 Å². The Hall–Kier alpha value is -1.68. The fourth-order valence-electron chi connectivity index (χ4n) is 1.74. The van der Waals surface area contributed by atoms with Crippen LogP contribution in [0.5, 0.6) is 0 Å². The predicted octanol–water partition coefficient (Wildman–Crippen LogP) is 3.28. The van der Waals surface area contributed by atoms with Crippen LogP contribution in [-0.2, 0) is 0 Å². The van der Waals surface area contributed by atoms with Crippen molar-refractivity contribution >= 4 is 17.2 Å². The van der Waals surface area contributed by atoms with E-state index < -0.39 is 0 Å². The number of hydrogen-bond acceptors (Lipinski definition) is 3. The van der Waals surface area contributed by atoms with Gasteiger partial charge in [-0.15, -0.1) is 11.3 Å². The minimum Gasteiger partial charge on any atom is -0.334 e. The summed E-state index contributed by atoms with van der Waals surface area (Å²) >= 11 is 1.44. The van der Waals surface area contributed by atoms with Crippen LogP contribution in [-0.4, -0.2) is 22.8 Å². The molecule has 1 atom stereocenters. The minimum absolute atomic E-state index is 0.0377. The summed E-state index contributed by atoms with van der Waals surface area (Å²) in [5.74, 6) is -0.0377. The van der Waals surface area contributed by atoms with Gasteiger partial charge in [-0.05, 0) is 19.4 Å². The van der Waals surface area contributed by atoms with Crippen LogP contribution in [0.25, 0.3) is 0 Å². The number of carbonyl (C=O) groups excluding carboxylic acids is 1. The lowest BCUT2D eigenvalue weighted by Crippen LogP contribution is -2.29. The molecule has 0 fully saturated rings. The Balaban J connectivity index is 2.16. The number of aryl methyl sites for hydroxylation is 1. The van der Waals surface area contributed by atoms with Gasteiger partial charge in [-0.2, -0.15) is 0 Å². The molecule has 94 valence electrons. The molecule has 0 bridgehead atoms. The van der Waals surface area contributed by atoms with Crippen molar-refractivity contribution in [2.45, 2.75) is 19.9 Å². The van der Waals surface area contributed by atoms with Crippen molar-refractivity contribution in [2.75, 3.05) is 7.05 Å². The molecule has 0 aliphatic rings. The molecule has 1 aromatic carbocycles. The maximum atomic E-state index is 12.2. The second-order valence-corrected chi connectivity index (χ2v) is 5.10. The van der Waals surface area contributed by atoms with E-state index in [9.17, 15) is 4.79 Å². The molecule has 0 saturated carbocycles. The van der Waals surface area contributed by atoms with Crippen molar-refractivity contribution in [3.63, 3.8) is 0 Å². The maximum Gasteiger partial charge on any atom is 0.273 e. The molecule has 1 heterocycles. The van der Waals surface area contributed by atoms with Gasteiger partial charge in [-0.3, -0.25) is 4.79 Å². The van der Waals surface area contributed by atoms with Gasteiger partial charge in [-0.1, -0.05) is 29.8 Å². The first kappa shape index (κ1) is 12.8. The molecule has 18 heavy (non-hydrogen) atoms. The van der Waals surface area contributed by atoms with Crippen molar-refractivity contribution in [3.8, 4) is 0 Å². The smallest absolute Gasteiger partial charge is 0.273 e. The Morgan fingerprint density at radius 2 is 2.00 bits per heavy atom. The summed E-state index contributed by atoms with van der Waals surface area (Å²) in [7, 11) is 1.81. The second kappa shape index (κ2) is 5.31. The molecule has 0 saturated heterocycles. The monoisotopic (exact) mass is 260 g/mol. The summed E-state index contributed by atoms with van der Waals surface area (Å²) in [4.78, 5) is 17.9. The minimum atomic E-state index is -0.0377. The lowest BCUT2D eigenvalue weighted by Gasteiger charge is -2.24. The molecule has 1 amide bonds. The Morgan fingerprint density at radius 1 is 1.33 bits per heavy atom. The highest BCUT2D eigenvalue weighted by atomic mass is 32.1. The molecule has 1 unspecified atom stereocenters. The van der Waals surface area contributed by atoms with Gasteiger partial charge in [0.25, 0.3) is 5.91 Å². The van der Waals surface area contributed by atoms with Crippen LogP contribution in [0.15, 0.2) is 35.2 Å². The maximum absolute atomic E-state index is 12.2. The van der Waals surface area contributed by atoms with Crippen LogP contribution in [0, 0.1) is 6.92 Å². The van der Waals surface area contributed by atoms with Crippen LogP contribution < -0.4 is 0 Å². The Labute approximate surface area is 111 Å². The zero-order valence-electron chi connectivity index (χ0n) is 10.8. The first-order chi connectivity index (χ1) is 8.59. The van der Waals surface area contributed by atoms with Crippen LogP contribution >= 0.6 is 11.3 Å². The van der Waals surface area contributed by atoms with E-state index in [0.29, 0.717) is 5.69 Å². The van der Waals surface area contributed by atoms with E-state index in [2.05, 4.69) is 36.2 Å². The molecule has 0 N–H and O–H groups in total. The fourth-order valence-corrected chi connectivity index (χ4v) is 2.27. The zero-order chi connectivity index (χ0) is 13.1. The number of hydrogen-bond donors (Lipinski definition) is 0. The van der Waals surface area contributed by atoms with Crippen molar-refractivity contribution in [3.05, 3.63) is 52.0 Å². The topological polar surface area (TPSA) is 33.2 Å². The van der Waals surface area contributed by atoms with Crippen molar-refractivity contribution in [1.29, 1.82) is 0 Å². The number of carbonyl (C=O) groups is 1. The SMILES string of the molecule is Cc1ccc(C(C)N(C)C(=O)c2cscn2)cc1. The normalized spacial score (nSPS) is 12.2. The Bertz CT molecular complexity index is 519. The standard InChI is InChI=1S/C14H16N2OS/c1-10-4-6-12(7-5-10)11(2)16(3)14(17)13-8-18-9-15-13/h4-9,11H,1-3H3. The summed E-state index contributed by atoms with van der Waals surface area (Å²) in [5.41, 5.74) is 4.55. The highest BCUT2D eigenvalue weighted by molar-refractivity contribution is 7.07. The Morgan fingerprint density at radius 3 is 2.56 bits per heavy atom. The van der Waals surface area contributed by atoms with Crippen molar-refractivity contribution in [2.24, 2.45) is 0 Å². The van der Waals surface area contributed by atoms with Crippen LogP contribution in [0.4, 0.5) is 0 Å². The average molecular weight is 260 g/mol. The van der Waals surface area contributed by atoms with Gasteiger partial charge in [0.05, 0.1) is 11.6 Å². The highest BCUT2D eigenvalue weighted by Gasteiger charge is 2.19. The van der Waals surface area contributed by atoms with E-state index >= 15 is 0 Å². The molecule has 1 aromatic heterocycles. The molecule has 0 spiro atoms. The molecule has 0 radical (unpaired) electrons. The average Bonchev–Trinajstić information content (AvgIpc) is 2.91. The Kier molecular flexibility index (Phi) is 3.77. The first-order valence-electron chi connectivity index (χ1n) is 5.81. The lowest BCUT2D eigenvalue weighted by molar-refractivity contribution is 0.0737. The molecule has 0 aliphatic heterocycles. The van der Waals surface area contributed by atoms with E-state index in [-0.39, 0.29) is 11.9 Å². The summed E-state index contributed by atoms with van der Waals surface area (Å²) in [6.07, 6.45) is 0. The second-order valence-electron chi connectivity index (χ2n) is 4.38. The quantitative estimate of drug-likeness (QED) is 0.848. The molecule has 0 aliphatic carbocycles. The number of thiazole rings is 1. The van der Waals surface area contributed by atoms with Crippen molar-refractivity contribution < 1.29 is 4.79 Å². The highest BCUT2D eigenvalue weighted by Crippen LogP contribution is 2.21. The summed E-state index contributed by atoms with van der Waals surface area (Å²) in [5, 5.41) is 1.78. The van der Waals surface area contributed by atoms with Gasteiger partial charge in [0.15, 0.2) is 0 Å². The number of rotatable bonds is 3. The molecule has 2 rings (SSSR count). The molecule has 2 aromatic rings. The molecular formula is C14H16N2OS. The third kappa shape index (κ3) is 2.59. The zero-order valence-corrected chi connectivity index (χ0v) is 11.6. The first-order valence-corrected chi connectivity index (χ1v) is 6.76. The molecule has 3 nitrogen and oxygen atoms in total. The van der Waals surface area contributed by atoms with E-state index in [0.717, 1.165) is 5.56 Å². The third-order valence-corrected chi connectivity index (χ3v) is 3.70. The van der Waals surface area contributed by atoms with Gasteiger partial charge in [-0.25, -0.2) is 4.98 Å². The van der Waals surface area contributed by atoms with Crippen molar-refractivity contribution in [1.82, 2.24) is 9.88 Å². The van der Waals surface area contributed by atoms with E-state index in [1.807, 2.05) is 14.0 Å². The summed E-state index contributed by atoms with van der Waals surface area (Å²) in [6.45, 7) is 4.08. The van der Waals surface area contributed by atoms with Gasteiger partial charge in [0, 0.05) is 12.4 Å². The number of nitrogens with zero attached hydrogens (tertiary/aromatic N) is 2. The number of amides is 1. The van der Waals surface area contributed by atoms with Crippen LogP contribution in [0.2, 0.25) is 0 Å². The van der Waals surface area contributed by atoms with E-state index in [4.69, 9.17) is 0 Å². The van der Waals surface area contributed by atoms with Gasteiger partial charge >= 0.3 is 0 Å². The van der Waals surface area contributed by atoms with Gasteiger partial charge in [0.1, 0.15) is 5.69 Å². The third-order valence-electron chi connectivity index (χ3n) is 3.11. The van der Waals surface area contributed by atoms with Crippen LogP contribution in [0.3, 0.4) is 0 Å². The van der Waals surface area contributed by atoms with Gasteiger partial charge in [0.2, 0.25) is 0 Å². The lowest BCUT2D eigenvalue weighted by atomic mass is 10.1. The largest absolute Gasteiger partial charge is 0.334 e. The fraction of sp³-hybridized carbons (Fsp3) is 0.286. The molecular weight excluding hydrogens is 244 g/mol. The predicted molar refractivity (Wildman–Crippen MR) is 73.8 cm³/mol. The molecule has 4 heteroatoms. The summed E-state index contributed by atoms with van der Waals surface area (Å²) in [6, 6.07) is 8.29. The number of aromatic nitrogens is 1. The summed E-state index contributed by atoms with van der Waals surface area (Å²) < 4.78 is 0.